The van der Waals surface area contributed by atoms with E-state index < -0.39 is 0 Å². The van der Waals surface area contributed by atoms with Crippen LogP contribution in [0.1, 0.15) is 6.42 Å². The van der Waals surface area contributed by atoms with E-state index in [1.54, 1.807) is 7.11 Å². The van der Waals surface area contributed by atoms with Crippen molar-refractivity contribution in [1.82, 2.24) is 0 Å². The van der Waals surface area contributed by atoms with Crippen molar-refractivity contribution in [3.05, 3.63) is 22.7 Å². The molecular weight excluding hydrogens is 267 g/mol. The molecule has 16 heavy (non-hydrogen) atoms. The van der Waals surface area contributed by atoms with Crippen LogP contribution in [0.3, 0.4) is 0 Å². The van der Waals surface area contributed by atoms with Gasteiger partial charge >= 0.3 is 6.85 Å². The number of halogens is 1. The van der Waals surface area contributed by atoms with Crippen LogP contribution in [0.25, 0.3) is 0 Å². The van der Waals surface area contributed by atoms with Gasteiger partial charge in [-0.3, -0.25) is 0 Å². The maximum Gasteiger partial charge on any atom is 0.378 e. The molecule has 0 N–H and O–H groups in total. The van der Waals surface area contributed by atoms with E-state index in [2.05, 4.69) is 26.7 Å². The summed E-state index contributed by atoms with van der Waals surface area (Å²) in [6.45, 7) is 0.952. The van der Waals surface area contributed by atoms with E-state index in [1.165, 1.54) is 0 Å². The van der Waals surface area contributed by atoms with Crippen LogP contribution in [-0.4, -0.2) is 20.5 Å². The molecule has 1 aromatic rings. The number of ether oxygens (including phenoxy) is 1. The van der Waals surface area contributed by atoms with E-state index in [9.17, 15) is 0 Å². The molecule has 1 heterocycles. The normalized spacial score (nSPS) is 15.1. The highest BCUT2D eigenvalue weighted by molar-refractivity contribution is 9.10. The van der Waals surface area contributed by atoms with Crippen LogP contribution >= 0.6 is 15.9 Å². The average molecular weight is 279 g/mol. The Morgan fingerprint density at radius 1 is 1.56 bits per heavy atom. The number of rotatable bonds is 2. The van der Waals surface area contributed by atoms with Crippen molar-refractivity contribution in [1.29, 1.82) is 5.26 Å². The number of hydrogen-bond acceptors (Lipinski definition) is 3. The van der Waals surface area contributed by atoms with E-state index in [1.807, 2.05) is 18.2 Å². The molecule has 2 rings (SSSR count). The van der Waals surface area contributed by atoms with E-state index in [-0.39, 0.29) is 6.85 Å². The quantitative estimate of drug-likeness (QED) is 0.781. The average Bonchev–Trinajstić information content (AvgIpc) is 2.76. The zero-order chi connectivity index (χ0) is 11.5. The first-order chi connectivity index (χ1) is 7.76. The molecule has 0 amide bonds. The van der Waals surface area contributed by atoms with Crippen molar-refractivity contribution < 1.29 is 4.74 Å². The Labute approximate surface area is 104 Å². The SMILES string of the molecule is COc1ccc(N2CCCB2C#N)c(Br)c1. The van der Waals surface area contributed by atoms with Crippen molar-refractivity contribution in [2.45, 2.75) is 12.7 Å². The first-order valence-corrected chi connectivity index (χ1v) is 6.05. The smallest absolute Gasteiger partial charge is 0.378 e. The molecule has 1 aliphatic heterocycles. The fourth-order valence-corrected chi connectivity index (χ4v) is 2.62. The van der Waals surface area contributed by atoms with E-state index in [4.69, 9.17) is 10.00 Å². The number of anilines is 1. The molecule has 1 fully saturated rings. The summed E-state index contributed by atoms with van der Waals surface area (Å²) < 4.78 is 6.13. The van der Waals surface area contributed by atoms with Crippen LogP contribution < -0.4 is 9.55 Å². The topological polar surface area (TPSA) is 36.3 Å². The number of nitriles is 1. The van der Waals surface area contributed by atoms with Gasteiger partial charge < -0.3 is 9.55 Å². The molecule has 0 spiro atoms. The van der Waals surface area contributed by atoms with Gasteiger partial charge in [-0.1, -0.05) is 0 Å². The van der Waals surface area contributed by atoms with E-state index >= 15 is 0 Å². The number of benzene rings is 1. The summed E-state index contributed by atoms with van der Waals surface area (Å²) >= 11 is 3.52. The van der Waals surface area contributed by atoms with Gasteiger partial charge in [0.1, 0.15) is 5.75 Å². The number of nitrogens with zero attached hydrogens (tertiary/aromatic N) is 2. The summed E-state index contributed by atoms with van der Waals surface area (Å²) in [4.78, 5) is 2.14. The third-order valence-electron chi connectivity index (χ3n) is 2.87. The summed E-state index contributed by atoms with van der Waals surface area (Å²) in [5, 5.41) is 9.06. The van der Waals surface area contributed by atoms with Gasteiger partial charge in [0.2, 0.25) is 0 Å². The lowest BCUT2D eigenvalue weighted by molar-refractivity contribution is 0.414. The van der Waals surface area contributed by atoms with Crippen LogP contribution in [0.2, 0.25) is 6.32 Å². The number of methoxy groups -OCH3 is 1. The molecule has 0 bridgehead atoms. The summed E-state index contributed by atoms with van der Waals surface area (Å²) in [6, 6.07) is 5.85. The van der Waals surface area contributed by atoms with Crippen LogP contribution in [0.4, 0.5) is 5.69 Å². The highest BCUT2D eigenvalue weighted by Gasteiger charge is 2.30. The van der Waals surface area contributed by atoms with Crippen molar-refractivity contribution in [3.8, 4) is 11.7 Å². The largest absolute Gasteiger partial charge is 0.497 e. The lowest BCUT2D eigenvalue weighted by atomic mass is 9.61. The Balaban J connectivity index is 2.30. The predicted molar refractivity (Wildman–Crippen MR) is 68.8 cm³/mol. The van der Waals surface area contributed by atoms with Crippen LogP contribution in [0.5, 0.6) is 5.75 Å². The third-order valence-corrected chi connectivity index (χ3v) is 3.50. The van der Waals surface area contributed by atoms with E-state index in [0.29, 0.717) is 0 Å². The second-order valence-corrected chi connectivity index (χ2v) is 4.65. The minimum atomic E-state index is 0.00435. The first kappa shape index (κ1) is 11.3. The van der Waals surface area contributed by atoms with Crippen LogP contribution in [-0.2, 0) is 0 Å². The van der Waals surface area contributed by atoms with Crippen molar-refractivity contribution >= 4 is 28.5 Å². The van der Waals surface area contributed by atoms with E-state index in [0.717, 1.165) is 35.2 Å². The minimum Gasteiger partial charge on any atom is -0.497 e. The molecular formula is C11H12BBrN2O. The van der Waals surface area contributed by atoms with Gasteiger partial charge in [-0.15, -0.1) is 0 Å². The Bertz CT molecular complexity index is 432. The Morgan fingerprint density at radius 2 is 2.38 bits per heavy atom. The fourth-order valence-electron chi connectivity index (χ4n) is 2.04. The minimum absolute atomic E-state index is 0.00435. The van der Waals surface area contributed by atoms with Gasteiger partial charge in [-0.25, -0.2) is 5.26 Å². The molecule has 1 aliphatic rings. The van der Waals surface area contributed by atoms with Gasteiger partial charge in [0.15, 0.2) is 0 Å². The zero-order valence-electron chi connectivity index (χ0n) is 9.11. The second-order valence-electron chi connectivity index (χ2n) is 3.80. The highest BCUT2D eigenvalue weighted by Crippen LogP contribution is 2.33. The molecule has 5 heteroatoms. The summed E-state index contributed by atoms with van der Waals surface area (Å²) in [5.41, 5.74) is 1.07. The lowest BCUT2D eigenvalue weighted by Gasteiger charge is -2.22. The molecule has 0 aliphatic carbocycles. The summed E-state index contributed by atoms with van der Waals surface area (Å²) in [5.74, 6) is 3.16. The van der Waals surface area contributed by atoms with Gasteiger partial charge in [-0.2, -0.15) is 0 Å². The fraction of sp³-hybridized carbons (Fsp3) is 0.364. The molecule has 0 atom stereocenters. The Kier molecular flexibility index (Phi) is 3.40. The van der Waals surface area contributed by atoms with Crippen molar-refractivity contribution in [2.24, 2.45) is 0 Å². The molecule has 1 aromatic carbocycles. The van der Waals surface area contributed by atoms with Gasteiger partial charge in [-0.05, 0) is 46.9 Å². The molecule has 0 aromatic heterocycles. The van der Waals surface area contributed by atoms with Gasteiger partial charge in [0.05, 0.1) is 7.11 Å². The zero-order valence-corrected chi connectivity index (χ0v) is 10.7. The summed E-state index contributed by atoms with van der Waals surface area (Å²) in [6.07, 6.45) is 2.03. The second kappa shape index (κ2) is 4.79. The number of hydrogen-bond donors (Lipinski definition) is 0. The predicted octanol–water partition coefficient (Wildman–Crippen LogP) is 2.72. The Hall–Kier alpha value is -1.15. The molecule has 0 unspecified atom stereocenters. The van der Waals surface area contributed by atoms with Crippen molar-refractivity contribution in [2.75, 3.05) is 18.5 Å². The molecule has 3 nitrogen and oxygen atoms in total. The maximum atomic E-state index is 9.06. The van der Waals surface area contributed by atoms with Gasteiger partial charge in [0, 0.05) is 22.7 Å². The Morgan fingerprint density at radius 3 is 3.00 bits per heavy atom. The standard InChI is InChI=1S/C11H12BBrN2O/c1-16-9-3-4-11(10(13)7-9)15-6-2-5-12(15)8-14/h3-4,7H,2,5-6H2,1H3. The van der Waals surface area contributed by atoms with Crippen LogP contribution in [0.15, 0.2) is 22.7 Å². The molecule has 0 radical (unpaired) electrons. The molecule has 0 saturated carbocycles. The lowest BCUT2D eigenvalue weighted by Crippen LogP contribution is -2.32. The van der Waals surface area contributed by atoms with Gasteiger partial charge in [0.25, 0.3) is 0 Å². The van der Waals surface area contributed by atoms with Crippen molar-refractivity contribution in [3.63, 3.8) is 0 Å². The third kappa shape index (κ3) is 2.03. The highest BCUT2D eigenvalue weighted by atomic mass is 79.9. The maximum absolute atomic E-state index is 9.06. The van der Waals surface area contributed by atoms with Crippen LogP contribution in [0, 0.1) is 11.2 Å². The first-order valence-electron chi connectivity index (χ1n) is 5.26. The molecule has 1 saturated heterocycles. The monoisotopic (exact) mass is 278 g/mol. The summed E-state index contributed by atoms with van der Waals surface area (Å²) in [7, 11) is 1.65. The molecule has 82 valence electrons.